The van der Waals surface area contributed by atoms with Gasteiger partial charge >= 0.3 is 5.97 Å². The molecule has 1 aromatic heterocycles. The van der Waals surface area contributed by atoms with E-state index in [2.05, 4.69) is 11.2 Å². The molecule has 1 N–H and O–H groups in total. The summed E-state index contributed by atoms with van der Waals surface area (Å²) in [6.07, 6.45) is 6.40. The summed E-state index contributed by atoms with van der Waals surface area (Å²) in [5.74, 6) is -0.771. The first-order valence-corrected chi connectivity index (χ1v) is 4.94. The summed E-state index contributed by atoms with van der Waals surface area (Å²) in [6, 6.07) is 0. The molecule has 1 rings (SSSR count). The van der Waals surface area contributed by atoms with Crippen molar-refractivity contribution in [1.82, 2.24) is 9.78 Å². The van der Waals surface area contributed by atoms with Crippen LogP contribution in [0.4, 0.5) is 0 Å². The molecule has 4 heteroatoms. The summed E-state index contributed by atoms with van der Waals surface area (Å²) in [4.78, 5) is 10.4. The molecule has 0 aliphatic heterocycles. The summed E-state index contributed by atoms with van der Waals surface area (Å²) in [5.41, 5.74) is 2.22. The molecule has 0 aliphatic rings. The van der Waals surface area contributed by atoms with Gasteiger partial charge in [0.25, 0.3) is 0 Å². The molecule has 0 amide bonds. The highest BCUT2D eigenvalue weighted by atomic mass is 16.4. The molecule has 0 saturated heterocycles. The van der Waals surface area contributed by atoms with E-state index in [1.807, 2.05) is 24.7 Å². The Morgan fingerprint density at radius 2 is 2.33 bits per heavy atom. The standard InChI is InChI=1S/C11H16N2O2/c1-9(2)5-6-13-8-10(7-12-13)3-4-11(14)15/h5,7-8H,3-4,6H2,1-2H3,(H,14,15). The van der Waals surface area contributed by atoms with Gasteiger partial charge in [-0.15, -0.1) is 0 Å². The number of allylic oxidation sites excluding steroid dienone is 2. The lowest BCUT2D eigenvalue weighted by Crippen LogP contribution is -1.97. The Labute approximate surface area is 89.2 Å². The van der Waals surface area contributed by atoms with Crippen molar-refractivity contribution in [2.24, 2.45) is 0 Å². The van der Waals surface area contributed by atoms with E-state index in [0.29, 0.717) is 6.42 Å². The molecule has 0 radical (unpaired) electrons. The Morgan fingerprint density at radius 1 is 1.60 bits per heavy atom. The van der Waals surface area contributed by atoms with Crippen LogP contribution in [0, 0.1) is 0 Å². The molecule has 0 aliphatic carbocycles. The first kappa shape index (κ1) is 11.5. The van der Waals surface area contributed by atoms with E-state index in [0.717, 1.165) is 12.1 Å². The van der Waals surface area contributed by atoms with Crippen molar-refractivity contribution < 1.29 is 9.90 Å². The highest BCUT2D eigenvalue weighted by Crippen LogP contribution is 2.02. The number of carboxylic acid groups (broad SMARTS) is 1. The molecule has 0 atom stereocenters. The van der Waals surface area contributed by atoms with Crippen LogP contribution in [0.15, 0.2) is 24.0 Å². The molecule has 0 bridgehead atoms. The maximum absolute atomic E-state index is 10.4. The third kappa shape index (κ3) is 4.44. The summed E-state index contributed by atoms with van der Waals surface area (Å²) in [6.45, 7) is 4.82. The van der Waals surface area contributed by atoms with Gasteiger partial charge in [-0.05, 0) is 25.8 Å². The zero-order valence-corrected chi connectivity index (χ0v) is 9.10. The number of nitrogens with zero attached hydrogens (tertiary/aromatic N) is 2. The van der Waals surface area contributed by atoms with Crippen LogP contribution in [-0.2, 0) is 17.8 Å². The lowest BCUT2D eigenvalue weighted by atomic mass is 10.2. The van der Waals surface area contributed by atoms with Crippen LogP contribution in [0.3, 0.4) is 0 Å². The highest BCUT2D eigenvalue weighted by molar-refractivity contribution is 5.67. The lowest BCUT2D eigenvalue weighted by molar-refractivity contribution is -0.136. The van der Waals surface area contributed by atoms with Gasteiger partial charge in [-0.25, -0.2) is 0 Å². The van der Waals surface area contributed by atoms with Crippen molar-refractivity contribution in [1.29, 1.82) is 0 Å². The lowest BCUT2D eigenvalue weighted by Gasteiger charge is -1.95. The molecule has 0 aromatic carbocycles. The van der Waals surface area contributed by atoms with E-state index in [1.165, 1.54) is 5.57 Å². The van der Waals surface area contributed by atoms with Crippen LogP contribution in [-0.4, -0.2) is 20.9 Å². The molecule has 4 nitrogen and oxygen atoms in total. The predicted octanol–water partition coefficient (Wildman–Crippen LogP) is 1.87. The van der Waals surface area contributed by atoms with Crippen LogP contribution in [0.25, 0.3) is 0 Å². The van der Waals surface area contributed by atoms with Crippen molar-refractivity contribution in [3.8, 4) is 0 Å². The largest absolute Gasteiger partial charge is 0.481 e. The molecule has 1 heterocycles. The minimum Gasteiger partial charge on any atom is -0.481 e. The van der Waals surface area contributed by atoms with Crippen LogP contribution < -0.4 is 0 Å². The zero-order valence-electron chi connectivity index (χ0n) is 9.10. The van der Waals surface area contributed by atoms with Crippen LogP contribution in [0.1, 0.15) is 25.8 Å². The predicted molar refractivity (Wildman–Crippen MR) is 57.6 cm³/mol. The third-order valence-electron chi connectivity index (χ3n) is 2.00. The average Bonchev–Trinajstić information content (AvgIpc) is 2.59. The van der Waals surface area contributed by atoms with Crippen molar-refractivity contribution in [3.63, 3.8) is 0 Å². The number of rotatable bonds is 5. The van der Waals surface area contributed by atoms with Gasteiger partial charge in [-0.3, -0.25) is 9.48 Å². The number of carboxylic acids is 1. The number of aromatic nitrogens is 2. The normalized spacial score (nSPS) is 10.0. The smallest absolute Gasteiger partial charge is 0.303 e. The minimum atomic E-state index is -0.771. The van der Waals surface area contributed by atoms with Gasteiger partial charge in [0.2, 0.25) is 0 Å². The number of aryl methyl sites for hydroxylation is 1. The Bertz CT molecular complexity index is 362. The molecule has 0 unspecified atom stereocenters. The number of aliphatic carboxylic acids is 1. The van der Waals surface area contributed by atoms with E-state index >= 15 is 0 Å². The summed E-state index contributed by atoms with van der Waals surface area (Å²) >= 11 is 0. The van der Waals surface area contributed by atoms with Gasteiger partial charge in [0, 0.05) is 12.6 Å². The summed E-state index contributed by atoms with van der Waals surface area (Å²) in [5, 5.41) is 12.7. The van der Waals surface area contributed by atoms with Gasteiger partial charge in [-0.2, -0.15) is 5.10 Å². The quantitative estimate of drug-likeness (QED) is 0.751. The Balaban J connectivity index is 2.49. The zero-order chi connectivity index (χ0) is 11.3. The van der Waals surface area contributed by atoms with Crippen molar-refractivity contribution in [3.05, 3.63) is 29.6 Å². The SMILES string of the molecule is CC(C)=CCn1cc(CCC(=O)O)cn1. The summed E-state index contributed by atoms with van der Waals surface area (Å²) < 4.78 is 1.81. The molecule has 1 aromatic rings. The van der Waals surface area contributed by atoms with Gasteiger partial charge in [-0.1, -0.05) is 11.6 Å². The maximum Gasteiger partial charge on any atom is 0.303 e. The van der Waals surface area contributed by atoms with Crippen molar-refractivity contribution in [2.75, 3.05) is 0 Å². The Kier molecular flexibility index (Phi) is 4.09. The second-order valence-corrected chi connectivity index (χ2v) is 3.75. The van der Waals surface area contributed by atoms with E-state index < -0.39 is 5.97 Å². The minimum absolute atomic E-state index is 0.161. The highest BCUT2D eigenvalue weighted by Gasteiger charge is 2.01. The molecular formula is C11H16N2O2. The molecule has 82 valence electrons. The Morgan fingerprint density at radius 3 is 2.93 bits per heavy atom. The topological polar surface area (TPSA) is 55.1 Å². The monoisotopic (exact) mass is 208 g/mol. The van der Waals surface area contributed by atoms with Crippen molar-refractivity contribution in [2.45, 2.75) is 33.2 Å². The van der Waals surface area contributed by atoms with Gasteiger partial charge in [0.05, 0.1) is 12.7 Å². The van der Waals surface area contributed by atoms with Crippen LogP contribution in [0.2, 0.25) is 0 Å². The third-order valence-corrected chi connectivity index (χ3v) is 2.00. The fourth-order valence-corrected chi connectivity index (χ4v) is 1.16. The average molecular weight is 208 g/mol. The number of hydrogen-bond acceptors (Lipinski definition) is 2. The van der Waals surface area contributed by atoms with E-state index in [-0.39, 0.29) is 6.42 Å². The second-order valence-electron chi connectivity index (χ2n) is 3.75. The number of hydrogen-bond donors (Lipinski definition) is 1. The molecule has 0 saturated carbocycles. The Hall–Kier alpha value is -1.58. The van der Waals surface area contributed by atoms with Crippen LogP contribution in [0.5, 0.6) is 0 Å². The molecule has 0 fully saturated rings. The number of carbonyl (C=O) groups is 1. The van der Waals surface area contributed by atoms with Gasteiger partial charge < -0.3 is 5.11 Å². The van der Waals surface area contributed by atoms with E-state index in [1.54, 1.807) is 6.20 Å². The van der Waals surface area contributed by atoms with Gasteiger partial charge in [0.15, 0.2) is 0 Å². The van der Waals surface area contributed by atoms with Crippen LogP contribution >= 0.6 is 0 Å². The van der Waals surface area contributed by atoms with E-state index in [4.69, 9.17) is 5.11 Å². The fraction of sp³-hybridized carbons (Fsp3) is 0.455. The van der Waals surface area contributed by atoms with Gasteiger partial charge in [0.1, 0.15) is 0 Å². The fourth-order valence-electron chi connectivity index (χ4n) is 1.16. The van der Waals surface area contributed by atoms with E-state index in [9.17, 15) is 4.79 Å². The first-order chi connectivity index (χ1) is 7.08. The molecule has 0 spiro atoms. The second kappa shape index (κ2) is 5.34. The summed E-state index contributed by atoms with van der Waals surface area (Å²) in [7, 11) is 0. The molecule has 15 heavy (non-hydrogen) atoms. The first-order valence-electron chi connectivity index (χ1n) is 4.94. The van der Waals surface area contributed by atoms with Crippen molar-refractivity contribution >= 4 is 5.97 Å². The molecular weight excluding hydrogens is 192 g/mol. The maximum atomic E-state index is 10.4.